The largest absolute Gasteiger partial charge is 0.508 e. The fraction of sp³-hybridized carbons (Fsp3) is 0.464. The molecule has 1 saturated heterocycles. The fourth-order valence-corrected chi connectivity index (χ4v) is 6.14. The Morgan fingerprint density at radius 1 is 1.22 bits per heavy atom. The number of phenols is 1. The van der Waals surface area contributed by atoms with Crippen LogP contribution in [0.1, 0.15) is 55.4 Å². The van der Waals surface area contributed by atoms with Gasteiger partial charge in [0.05, 0.1) is 29.0 Å². The number of nitrogens with one attached hydrogen (secondary N) is 1. The average molecular weight is 505 g/mol. The first-order valence-electron chi connectivity index (χ1n) is 13.1. The van der Waals surface area contributed by atoms with Crippen molar-refractivity contribution in [2.45, 2.75) is 64.4 Å². The Labute approximate surface area is 214 Å². The number of hydrogen-bond acceptors (Lipinski definition) is 8. The minimum Gasteiger partial charge on any atom is -0.508 e. The molecule has 6 rings (SSSR count). The van der Waals surface area contributed by atoms with E-state index < -0.39 is 11.6 Å². The number of ether oxygens (including phenoxy) is 1. The highest BCUT2D eigenvalue weighted by Gasteiger charge is 2.45. The number of aromatic nitrogens is 2. The van der Waals surface area contributed by atoms with Crippen molar-refractivity contribution in [2.75, 3.05) is 19.6 Å². The first kappa shape index (κ1) is 24.1. The Balaban J connectivity index is 1.45. The second-order valence-corrected chi connectivity index (χ2v) is 10.3. The summed E-state index contributed by atoms with van der Waals surface area (Å²) in [6, 6.07) is 7.70. The van der Waals surface area contributed by atoms with Gasteiger partial charge in [0.25, 0.3) is 5.56 Å². The molecule has 5 heterocycles. The number of fused-ring (bicyclic) bond motifs is 5. The Kier molecular flexibility index (Phi) is 5.82. The zero-order valence-corrected chi connectivity index (χ0v) is 21.2. The summed E-state index contributed by atoms with van der Waals surface area (Å²) < 4.78 is 6.80. The normalized spacial score (nSPS) is 21.1. The molecule has 9 nitrogen and oxygen atoms in total. The van der Waals surface area contributed by atoms with Crippen LogP contribution in [0.15, 0.2) is 29.1 Å². The number of aromatic hydroxyl groups is 1. The molecule has 2 aromatic heterocycles. The van der Waals surface area contributed by atoms with E-state index >= 15 is 0 Å². The topological polar surface area (TPSA) is 117 Å². The summed E-state index contributed by atoms with van der Waals surface area (Å²) in [5, 5.41) is 26.2. The van der Waals surface area contributed by atoms with Gasteiger partial charge in [-0.3, -0.25) is 9.69 Å². The molecule has 3 N–H and O–H groups in total. The SMILES string of the molecule is CCN(Cc1c(O)ccc2nc3c(cc12)Cn1c-3cc2c(c1=O)COC(=O)C2(O)CC)C1CCNCC1. The lowest BCUT2D eigenvalue weighted by molar-refractivity contribution is -0.172. The number of benzene rings is 1. The van der Waals surface area contributed by atoms with Crippen LogP contribution in [0.3, 0.4) is 0 Å². The van der Waals surface area contributed by atoms with E-state index in [1.165, 1.54) is 0 Å². The molecular formula is C28H32N4O5. The van der Waals surface area contributed by atoms with Gasteiger partial charge in [-0.05, 0) is 63.2 Å². The van der Waals surface area contributed by atoms with E-state index in [9.17, 15) is 19.8 Å². The van der Waals surface area contributed by atoms with E-state index in [-0.39, 0.29) is 24.3 Å². The van der Waals surface area contributed by atoms with Gasteiger partial charge in [0.1, 0.15) is 12.4 Å². The Hall–Kier alpha value is -3.27. The van der Waals surface area contributed by atoms with Gasteiger partial charge in [0.2, 0.25) is 0 Å². The first-order valence-corrected chi connectivity index (χ1v) is 13.1. The van der Waals surface area contributed by atoms with Crippen LogP contribution in [0.2, 0.25) is 0 Å². The highest BCUT2D eigenvalue weighted by molar-refractivity contribution is 5.89. The number of piperidine rings is 1. The van der Waals surface area contributed by atoms with Crippen molar-refractivity contribution in [1.82, 2.24) is 19.8 Å². The second-order valence-electron chi connectivity index (χ2n) is 10.3. The van der Waals surface area contributed by atoms with Crippen molar-refractivity contribution in [3.8, 4) is 17.1 Å². The predicted molar refractivity (Wildman–Crippen MR) is 138 cm³/mol. The van der Waals surface area contributed by atoms with Gasteiger partial charge in [0.15, 0.2) is 5.60 Å². The molecule has 3 aromatic rings. The molecule has 1 atom stereocenters. The zero-order valence-electron chi connectivity index (χ0n) is 21.2. The molecule has 1 unspecified atom stereocenters. The summed E-state index contributed by atoms with van der Waals surface area (Å²) >= 11 is 0. The third kappa shape index (κ3) is 3.67. The molecule has 0 radical (unpaired) electrons. The maximum Gasteiger partial charge on any atom is 0.343 e. The highest BCUT2D eigenvalue weighted by Crippen LogP contribution is 2.40. The maximum atomic E-state index is 13.4. The quantitative estimate of drug-likeness (QED) is 0.355. The van der Waals surface area contributed by atoms with Crippen molar-refractivity contribution < 1.29 is 19.7 Å². The maximum absolute atomic E-state index is 13.4. The van der Waals surface area contributed by atoms with Gasteiger partial charge >= 0.3 is 5.97 Å². The number of cyclic esters (lactones) is 1. The van der Waals surface area contributed by atoms with E-state index in [4.69, 9.17) is 9.72 Å². The third-order valence-electron chi connectivity index (χ3n) is 8.37. The van der Waals surface area contributed by atoms with Crippen LogP contribution in [0.25, 0.3) is 22.3 Å². The third-order valence-corrected chi connectivity index (χ3v) is 8.37. The van der Waals surface area contributed by atoms with Gasteiger partial charge in [-0.25, -0.2) is 9.78 Å². The summed E-state index contributed by atoms with van der Waals surface area (Å²) in [6.07, 6.45) is 2.26. The molecule has 3 aliphatic rings. The summed E-state index contributed by atoms with van der Waals surface area (Å²) in [7, 11) is 0. The molecule has 37 heavy (non-hydrogen) atoms. The molecule has 0 amide bonds. The molecule has 0 spiro atoms. The molecule has 0 bridgehead atoms. The molecule has 3 aliphatic heterocycles. The average Bonchev–Trinajstić information content (AvgIpc) is 3.28. The van der Waals surface area contributed by atoms with Gasteiger partial charge in [-0.1, -0.05) is 13.8 Å². The number of phenolic OH excluding ortho intramolecular Hbond substituents is 1. The highest BCUT2D eigenvalue weighted by atomic mass is 16.6. The molecule has 0 aliphatic carbocycles. The van der Waals surface area contributed by atoms with Crippen molar-refractivity contribution in [3.05, 3.63) is 56.9 Å². The van der Waals surface area contributed by atoms with Crippen LogP contribution < -0.4 is 10.9 Å². The van der Waals surface area contributed by atoms with Gasteiger partial charge in [-0.15, -0.1) is 0 Å². The smallest absolute Gasteiger partial charge is 0.343 e. The molecule has 1 fully saturated rings. The van der Waals surface area contributed by atoms with Crippen LogP contribution in [0, 0.1) is 0 Å². The molecule has 194 valence electrons. The summed E-state index contributed by atoms with van der Waals surface area (Å²) in [6.45, 7) is 7.52. The number of nitrogens with zero attached hydrogens (tertiary/aromatic N) is 3. The Morgan fingerprint density at radius 3 is 2.73 bits per heavy atom. The Bertz CT molecular complexity index is 1480. The fourth-order valence-electron chi connectivity index (χ4n) is 6.14. The zero-order chi connectivity index (χ0) is 25.9. The number of aliphatic hydroxyl groups is 1. The number of esters is 1. The van der Waals surface area contributed by atoms with E-state index in [2.05, 4.69) is 17.1 Å². The van der Waals surface area contributed by atoms with Crippen LogP contribution in [0.4, 0.5) is 0 Å². The number of hydrogen-bond donors (Lipinski definition) is 3. The van der Waals surface area contributed by atoms with Crippen LogP contribution >= 0.6 is 0 Å². The van der Waals surface area contributed by atoms with E-state index in [1.54, 1.807) is 29.7 Å². The lowest BCUT2D eigenvalue weighted by atomic mass is 9.86. The van der Waals surface area contributed by atoms with Crippen molar-refractivity contribution in [1.29, 1.82) is 0 Å². The van der Waals surface area contributed by atoms with Gasteiger partial charge < -0.3 is 24.8 Å². The van der Waals surface area contributed by atoms with Crippen molar-refractivity contribution in [3.63, 3.8) is 0 Å². The van der Waals surface area contributed by atoms with E-state index in [0.29, 0.717) is 41.6 Å². The standard InChI is InChI=1S/C28H32N4O5/c1-3-28(36)21-12-23-25-16(13-32(23)26(34)20(21)15-37-27(28)35)11-18-19(24(33)6-5-22(18)30-25)14-31(4-2)17-7-9-29-10-8-17/h5-6,11-12,17,29,33,36H,3-4,7-10,13-15H2,1-2H3. The summed E-state index contributed by atoms with van der Waals surface area (Å²) in [5.74, 6) is -0.487. The van der Waals surface area contributed by atoms with E-state index in [0.717, 1.165) is 54.5 Å². The summed E-state index contributed by atoms with van der Waals surface area (Å²) in [4.78, 5) is 33.2. The van der Waals surface area contributed by atoms with Crippen LogP contribution in [0.5, 0.6) is 5.75 Å². The molecular weight excluding hydrogens is 472 g/mol. The molecule has 0 saturated carbocycles. The van der Waals surface area contributed by atoms with Gasteiger partial charge in [-0.2, -0.15) is 0 Å². The van der Waals surface area contributed by atoms with E-state index in [1.807, 2.05) is 6.07 Å². The number of pyridine rings is 2. The monoisotopic (exact) mass is 504 g/mol. The summed E-state index contributed by atoms with van der Waals surface area (Å²) in [5.41, 5.74) is 2.18. The van der Waals surface area contributed by atoms with Crippen molar-refractivity contribution >= 4 is 16.9 Å². The Morgan fingerprint density at radius 2 is 2.00 bits per heavy atom. The second kappa shape index (κ2) is 8.93. The minimum atomic E-state index is -1.85. The number of carbonyl (C=O) groups is 1. The van der Waals surface area contributed by atoms with Crippen LogP contribution in [-0.4, -0.2) is 56.3 Å². The first-order chi connectivity index (χ1) is 17.9. The lowest BCUT2D eigenvalue weighted by Gasteiger charge is -2.34. The molecule has 1 aromatic carbocycles. The van der Waals surface area contributed by atoms with Gasteiger partial charge in [0, 0.05) is 34.7 Å². The lowest BCUT2D eigenvalue weighted by Crippen LogP contribution is -2.44. The predicted octanol–water partition coefficient (Wildman–Crippen LogP) is 2.36. The number of carbonyl (C=O) groups excluding carboxylic acids is 1. The van der Waals surface area contributed by atoms with Crippen molar-refractivity contribution in [2.24, 2.45) is 0 Å². The molecule has 9 heteroatoms. The van der Waals surface area contributed by atoms with Crippen LogP contribution in [-0.2, 0) is 34.8 Å². The minimum absolute atomic E-state index is 0.105. The number of rotatable bonds is 5.